The normalized spacial score (nSPS) is 9.45. The molecule has 4 rings (SSSR count). The number of rotatable bonds is 3. The summed E-state index contributed by atoms with van der Waals surface area (Å²) >= 11 is 12.1. The molecule has 0 aliphatic rings. The maximum absolute atomic E-state index is 11.3. The van der Waals surface area contributed by atoms with Gasteiger partial charge in [-0.3, -0.25) is 0 Å². The van der Waals surface area contributed by atoms with Gasteiger partial charge in [0.1, 0.15) is 5.69 Å². The van der Waals surface area contributed by atoms with Crippen LogP contribution in [0.25, 0.3) is 33.0 Å². The molecule has 0 fully saturated rings. The number of nitroso groups, excluding NO2 is 1. The van der Waals surface area contributed by atoms with Crippen molar-refractivity contribution in [3.8, 4) is 22.3 Å². The Morgan fingerprint density at radius 1 is 0.606 bits per heavy atom. The minimum absolute atomic E-state index is 0.311. The standard InChI is InChI=1S/C22H14Cl2N2O.3C2H6/c23-13-7-9-19(21(25)11-13)17-5-1-4-16-15(17)3-2-6-18(16)20-10-8-14(24)12-22(20)26-27;3*1-2/h1-12H,25H2;3*1-2H3. The van der Waals surface area contributed by atoms with E-state index in [0.717, 1.165) is 33.0 Å². The Hall–Kier alpha value is -2.88. The lowest BCUT2D eigenvalue weighted by Gasteiger charge is -2.13. The van der Waals surface area contributed by atoms with Crippen LogP contribution < -0.4 is 5.73 Å². The second-order valence-corrected chi connectivity index (χ2v) is 7.06. The minimum Gasteiger partial charge on any atom is -0.398 e. The zero-order chi connectivity index (χ0) is 25.0. The van der Waals surface area contributed by atoms with Gasteiger partial charge >= 0.3 is 0 Å². The van der Waals surface area contributed by atoms with Gasteiger partial charge in [0.05, 0.1) is 0 Å². The number of hydrogen-bond acceptors (Lipinski definition) is 3. The van der Waals surface area contributed by atoms with E-state index in [1.54, 1.807) is 18.2 Å². The molecule has 0 saturated heterocycles. The van der Waals surface area contributed by atoms with E-state index in [9.17, 15) is 4.91 Å². The van der Waals surface area contributed by atoms with E-state index in [4.69, 9.17) is 28.9 Å². The smallest absolute Gasteiger partial charge is 0.117 e. The molecule has 0 atom stereocenters. The Kier molecular flexibility index (Phi) is 12.2. The first-order chi connectivity index (χ1) is 16.1. The Bertz CT molecular complexity index is 1190. The lowest BCUT2D eigenvalue weighted by atomic mass is 9.92. The van der Waals surface area contributed by atoms with Crippen molar-refractivity contribution < 1.29 is 0 Å². The average molecular weight is 483 g/mol. The van der Waals surface area contributed by atoms with E-state index in [0.29, 0.717) is 21.4 Å². The number of nitrogens with zero attached hydrogens (tertiary/aromatic N) is 1. The predicted molar refractivity (Wildman–Crippen MR) is 149 cm³/mol. The van der Waals surface area contributed by atoms with Gasteiger partial charge in [-0.15, -0.1) is 4.91 Å². The van der Waals surface area contributed by atoms with Crippen molar-refractivity contribution in [3.05, 3.63) is 87.7 Å². The number of nitrogen functional groups attached to an aromatic ring is 1. The predicted octanol–water partition coefficient (Wildman–Crippen LogP) is 10.5. The van der Waals surface area contributed by atoms with Crippen LogP contribution in [0.3, 0.4) is 0 Å². The van der Waals surface area contributed by atoms with Crippen LogP contribution in [-0.4, -0.2) is 0 Å². The Labute approximate surface area is 207 Å². The second kappa shape index (κ2) is 14.3. The maximum atomic E-state index is 11.3. The van der Waals surface area contributed by atoms with Crippen molar-refractivity contribution in [1.29, 1.82) is 0 Å². The van der Waals surface area contributed by atoms with Crippen LogP contribution in [0.1, 0.15) is 41.5 Å². The molecule has 3 nitrogen and oxygen atoms in total. The Morgan fingerprint density at radius 2 is 1.06 bits per heavy atom. The molecule has 0 bridgehead atoms. The Balaban J connectivity index is 0.000000841. The number of halogens is 2. The fourth-order valence-corrected chi connectivity index (χ4v) is 3.71. The minimum atomic E-state index is 0.311. The highest BCUT2D eigenvalue weighted by Crippen LogP contribution is 2.40. The van der Waals surface area contributed by atoms with Gasteiger partial charge in [-0.2, -0.15) is 0 Å². The Morgan fingerprint density at radius 3 is 1.55 bits per heavy atom. The molecule has 0 aromatic heterocycles. The fourth-order valence-electron chi connectivity index (χ4n) is 3.37. The van der Waals surface area contributed by atoms with Crippen molar-refractivity contribution in [2.75, 3.05) is 5.73 Å². The van der Waals surface area contributed by atoms with Crippen LogP contribution in [0.4, 0.5) is 11.4 Å². The molecule has 4 aromatic rings. The second-order valence-electron chi connectivity index (χ2n) is 6.19. The van der Waals surface area contributed by atoms with Gasteiger partial charge in [-0.05, 0) is 51.3 Å². The number of benzene rings is 4. The monoisotopic (exact) mass is 482 g/mol. The van der Waals surface area contributed by atoms with Gasteiger partial charge in [-0.1, -0.05) is 113 Å². The van der Waals surface area contributed by atoms with Gasteiger partial charge in [0.2, 0.25) is 0 Å². The fraction of sp³-hybridized carbons (Fsp3) is 0.214. The molecule has 0 amide bonds. The summed E-state index contributed by atoms with van der Waals surface area (Å²) in [5.74, 6) is 0. The first kappa shape index (κ1) is 28.2. The lowest BCUT2D eigenvalue weighted by molar-refractivity contribution is 1.49. The van der Waals surface area contributed by atoms with Crippen molar-refractivity contribution in [2.45, 2.75) is 41.5 Å². The van der Waals surface area contributed by atoms with Gasteiger partial charge < -0.3 is 5.73 Å². The summed E-state index contributed by atoms with van der Waals surface area (Å²) < 4.78 is 0. The molecule has 0 unspecified atom stereocenters. The number of hydrogen-bond donors (Lipinski definition) is 1. The van der Waals surface area contributed by atoms with Crippen LogP contribution in [0, 0.1) is 4.91 Å². The van der Waals surface area contributed by atoms with Crippen LogP contribution in [0.2, 0.25) is 10.0 Å². The van der Waals surface area contributed by atoms with Crippen molar-refractivity contribution in [2.24, 2.45) is 5.18 Å². The third-order valence-corrected chi connectivity index (χ3v) is 5.04. The van der Waals surface area contributed by atoms with E-state index in [2.05, 4.69) is 5.18 Å². The molecule has 33 heavy (non-hydrogen) atoms. The van der Waals surface area contributed by atoms with Crippen LogP contribution in [0.15, 0.2) is 78.0 Å². The summed E-state index contributed by atoms with van der Waals surface area (Å²) in [6.07, 6.45) is 0. The van der Waals surface area contributed by atoms with E-state index >= 15 is 0 Å². The lowest BCUT2D eigenvalue weighted by Crippen LogP contribution is -1.91. The highest BCUT2D eigenvalue weighted by Gasteiger charge is 2.13. The molecule has 0 aliphatic heterocycles. The molecule has 0 spiro atoms. The highest BCUT2D eigenvalue weighted by atomic mass is 35.5. The third kappa shape index (κ3) is 6.56. The largest absolute Gasteiger partial charge is 0.398 e. The molecular weight excluding hydrogens is 451 g/mol. The molecule has 2 N–H and O–H groups in total. The summed E-state index contributed by atoms with van der Waals surface area (Å²) in [7, 11) is 0. The van der Waals surface area contributed by atoms with Crippen LogP contribution >= 0.6 is 23.2 Å². The number of nitrogens with two attached hydrogens (primary N) is 1. The van der Waals surface area contributed by atoms with Crippen molar-refractivity contribution in [3.63, 3.8) is 0 Å². The summed E-state index contributed by atoms with van der Waals surface area (Å²) in [4.78, 5) is 11.3. The molecule has 0 radical (unpaired) electrons. The first-order valence-electron chi connectivity index (χ1n) is 11.3. The summed E-state index contributed by atoms with van der Waals surface area (Å²) in [6.45, 7) is 12.0. The van der Waals surface area contributed by atoms with E-state index < -0.39 is 0 Å². The van der Waals surface area contributed by atoms with Gasteiger partial charge in [0.15, 0.2) is 0 Å². The average Bonchev–Trinajstić information content (AvgIpc) is 2.87. The van der Waals surface area contributed by atoms with E-state index in [1.165, 1.54) is 0 Å². The topological polar surface area (TPSA) is 55.4 Å². The van der Waals surface area contributed by atoms with Crippen molar-refractivity contribution >= 4 is 45.3 Å². The number of fused-ring (bicyclic) bond motifs is 1. The van der Waals surface area contributed by atoms with Crippen LogP contribution in [-0.2, 0) is 0 Å². The zero-order valence-electron chi connectivity index (χ0n) is 20.1. The van der Waals surface area contributed by atoms with Crippen LogP contribution in [0.5, 0.6) is 0 Å². The molecule has 0 aliphatic carbocycles. The molecule has 4 aromatic carbocycles. The van der Waals surface area contributed by atoms with E-state index in [1.807, 2.05) is 96.1 Å². The molecule has 5 heteroatoms. The zero-order valence-corrected chi connectivity index (χ0v) is 21.6. The van der Waals surface area contributed by atoms with Gasteiger partial charge in [-0.25, -0.2) is 0 Å². The third-order valence-electron chi connectivity index (χ3n) is 4.57. The number of anilines is 1. The summed E-state index contributed by atoms with van der Waals surface area (Å²) in [6, 6.07) is 22.6. The quantitative estimate of drug-likeness (QED) is 0.233. The van der Waals surface area contributed by atoms with E-state index in [-0.39, 0.29) is 0 Å². The molecule has 174 valence electrons. The summed E-state index contributed by atoms with van der Waals surface area (Å²) in [5, 5.41) is 6.24. The molecule has 0 heterocycles. The molecule has 0 saturated carbocycles. The first-order valence-corrected chi connectivity index (χ1v) is 12.0. The van der Waals surface area contributed by atoms with Crippen molar-refractivity contribution in [1.82, 2.24) is 0 Å². The summed E-state index contributed by atoms with van der Waals surface area (Å²) in [5.41, 5.74) is 10.7. The SMILES string of the molecule is CC.CC.CC.Nc1cc(Cl)ccc1-c1cccc2c(-c3ccc(Cl)cc3N=O)cccc12. The molecular formula is C28H32Cl2N2O. The van der Waals surface area contributed by atoms with Gasteiger partial charge in [0.25, 0.3) is 0 Å². The van der Waals surface area contributed by atoms with Gasteiger partial charge in [0, 0.05) is 26.9 Å². The highest BCUT2D eigenvalue weighted by molar-refractivity contribution is 6.31. The maximum Gasteiger partial charge on any atom is 0.117 e.